The van der Waals surface area contributed by atoms with Crippen LogP contribution < -0.4 is 0 Å². The van der Waals surface area contributed by atoms with Crippen LogP contribution in [0.15, 0.2) is 0 Å². The fraction of sp³-hybridized carbons (Fsp3) is 1.00. The summed E-state index contributed by atoms with van der Waals surface area (Å²) in [4.78, 5) is 0. The molecule has 4 atom stereocenters. The Labute approximate surface area is 69.3 Å². The fourth-order valence-corrected chi connectivity index (χ4v) is 0.908. The summed E-state index contributed by atoms with van der Waals surface area (Å²) in [6.45, 7) is -0.422. The summed E-state index contributed by atoms with van der Waals surface area (Å²) in [5.74, 6) is 0. The first-order chi connectivity index (χ1) is 5.69. The minimum absolute atomic E-state index is 0.422. The lowest BCUT2D eigenvalue weighted by molar-refractivity contribution is -0.383. The fourth-order valence-electron chi connectivity index (χ4n) is 0.908. The summed E-state index contributed by atoms with van der Waals surface area (Å²) in [7, 11) is 1.31. The molecule has 3 N–H and O–H groups in total. The van der Waals surface area contributed by atoms with Gasteiger partial charge < -0.3 is 29.5 Å². The Bertz CT molecular complexity index is 124. The number of hydrogen-bond donors (Lipinski definition) is 3. The van der Waals surface area contributed by atoms with Gasteiger partial charge in [-0.05, 0) is 0 Å². The van der Waals surface area contributed by atoms with Crippen molar-refractivity contribution in [1.82, 2.24) is 0 Å². The molecule has 1 saturated heterocycles. The minimum Gasteiger partial charge on any atom is -0.393 e. The first kappa shape index (κ1) is 9.85. The Morgan fingerprint density at radius 3 is 2.42 bits per heavy atom. The lowest BCUT2D eigenvalue weighted by Crippen LogP contribution is -2.51. The predicted octanol–water partition coefficient (Wildman–Crippen LogP) is -2.00. The van der Waals surface area contributed by atoms with Gasteiger partial charge in [0, 0.05) is 7.11 Å². The number of methoxy groups -OCH3 is 1. The smallest absolute Gasteiger partial charge is 0.211 e. The first-order valence-corrected chi connectivity index (χ1v) is 3.49. The Morgan fingerprint density at radius 2 is 1.92 bits per heavy atom. The summed E-state index contributed by atoms with van der Waals surface area (Å²) >= 11 is 0. The van der Waals surface area contributed by atoms with E-state index in [1.807, 2.05) is 0 Å². The van der Waals surface area contributed by atoms with E-state index in [2.05, 4.69) is 4.74 Å². The second-order valence-corrected chi connectivity index (χ2v) is 2.38. The largest absolute Gasteiger partial charge is 0.393 e. The van der Waals surface area contributed by atoms with E-state index in [-0.39, 0.29) is 0 Å². The van der Waals surface area contributed by atoms with Crippen molar-refractivity contribution in [2.75, 3.05) is 13.7 Å². The van der Waals surface area contributed by atoms with Gasteiger partial charge in [-0.25, -0.2) is 0 Å². The maximum Gasteiger partial charge on any atom is 0.211 e. The van der Waals surface area contributed by atoms with E-state index < -0.39 is 31.6 Å². The lowest BCUT2D eigenvalue weighted by atomic mass is 10.3. The maximum atomic E-state index is 9.09. The zero-order valence-electron chi connectivity index (χ0n) is 6.58. The third-order valence-electron chi connectivity index (χ3n) is 1.55. The van der Waals surface area contributed by atoms with Crippen LogP contribution in [0.2, 0.25) is 0 Å². The standard InChI is InChI=1S/C6H12O6/c1-10-6-5(9)11-3(2-7)4(8)12-6/h3-9H,2H2,1H3. The topological polar surface area (TPSA) is 88.4 Å². The minimum atomic E-state index is -1.28. The van der Waals surface area contributed by atoms with Gasteiger partial charge in [0.2, 0.25) is 12.6 Å². The summed E-state index contributed by atoms with van der Waals surface area (Å²) in [5, 5.41) is 26.8. The maximum absolute atomic E-state index is 9.09. The zero-order chi connectivity index (χ0) is 9.14. The SMILES string of the molecule is COC1OC(O)C(CO)OC1O. The third-order valence-corrected chi connectivity index (χ3v) is 1.55. The molecule has 6 heteroatoms. The van der Waals surface area contributed by atoms with Crippen molar-refractivity contribution in [3.63, 3.8) is 0 Å². The molecule has 1 rings (SSSR count). The van der Waals surface area contributed by atoms with Gasteiger partial charge in [0.1, 0.15) is 6.10 Å². The number of rotatable bonds is 2. The molecule has 1 aliphatic rings. The molecule has 0 spiro atoms. The average Bonchev–Trinajstić information content (AvgIpc) is 2.08. The van der Waals surface area contributed by atoms with E-state index in [0.29, 0.717) is 0 Å². The molecule has 0 bridgehead atoms. The molecule has 0 aliphatic carbocycles. The van der Waals surface area contributed by atoms with Crippen molar-refractivity contribution >= 4 is 0 Å². The number of aliphatic hydroxyl groups is 3. The Balaban J connectivity index is 2.49. The van der Waals surface area contributed by atoms with Crippen LogP contribution in [0.25, 0.3) is 0 Å². The highest BCUT2D eigenvalue weighted by Gasteiger charge is 2.36. The molecule has 12 heavy (non-hydrogen) atoms. The second-order valence-electron chi connectivity index (χ2n) is 2.38. The van der Waals surface area contributed by atoms with E-state index in [1.54, 1.807) is 0 Å². The van der Waals surface area contributed by atoms with Crippen molar-refractivity contribution in [3.05, 3.63) is 0 Å². The first-order valence-electron chi connectivity index (χ1n) is 3.49. The molecule has 1 aliphatic heterocycles. The van der Waals surface area contributed by atoms with Crippen LogP contribution in [0.3, 0.4) is 0 Å². The van der Waals surface area contributed by atoms with Crippen molar-refractivity contribution < 1.29 is 29.5 Å². The highest BCUT2D eigenvalue weighted by atomic mass is 16.8. The molecule has 72 valence electrons. The normalized spacial score (nSPS) is 43.0. The highest BCUT2D eigenvalue weighted by molar-refractivity contribution is 4.67. The summed E-state index contributed by atoms with van der Waals surface area (Å²) < 4.78 is 14.1. The Kier molecular flexibility index (Phi) is 3.39. The van der Waals surface area contributed by atoms with Gasteiger partial charge in [-0.1, -0.05) is 0 Å². The van der Waals surface area contributed by atoms with Gasteiger partial charge in [0.15, 0.2) is 6.29 Å². The van der Waals surface area contributed by atoms with Crippen LogP contribution in [0.5, 0.6) is 0 Å². The molecule has 1 heterocycles. The molecular weight excluding hydrogens is 168 g/mol. The molecule has 0 aromatic carbocycles. The van der Waals surface area contributed by atoms with E-state index >= 15 is 0 Å². The Hall–Kier alpha value is -0.240. The monoisotopic (exact) mass is 180 g/mol. The molecule has 0 aromatic heterocycles. The predicted molar refractivity (Wildman–Crippen MR) is 35.9 cm³/mol. The van der Waals surface area contributed by atoms with Gasteiger partial charge in [0.25, 0.3) is 0 Å². The number of hydrogen-bond acceptors (Lipinski definition) is 6. The Morgan fingerprint density at radius 1 is 1.25 bits per heavy atom. The van der Waals surface area contributed by atoms with Gasteiger partial charge in [-0.15, -0.1) is 0 Å². The average molecular weight is 180 g/mol. The van der Waals surface area contributed by atoms with Crippen molar-refractivity contribution in [3.8, 4) is 0 Å². The molecule has 1 fully saturated rings. The van der Waals surface area contributed by atoms with Gasteiger partial charge in [-0.3, -0.25) is 0 Å². The van der Waals surface area contributed by atoms with Crippen LogP contribution in [-0.4, -0.2) is 54.0 Å². The van der Waals surface area contributed by atoms with Crippen LogP contribution in [-0.2, 0) is 14.2 Å². The van der Waals surface area contributed by atoms with E-state index in [1.165, 1.54) is 7.11 Å². The number of aliphatic hydroxyl groups excluding tert-OH is 3. The molecule has 0 saturated carbocycles. The zero-order valence-corrected chi connectivity index (χ0v) is 6.58. The summed E-state index contributed by atoms with van der Waals surface area (Å²) in [5.41, 5.74) is 0. The molecule has 4 unspecified atom stereocenters. The number of ether oxygens (including phenoxy) is 3. The second kappa shape index (κ2) is 4.13. The highest BCUT2D eigenvalue weighted by Crippen LogP contribution is 2.17. The molecule has 0 amide bonds. The van der Waals surface area contributed by atoms with Crippen molar-refractivity contribution in [2.45, 2.75) is 25.0 Å². The molecule has 0 radical (unpaired) electrons. The van der Waals surface area contributed by atoms with Crippen LogP contribution in [0.1, 0.15) is 0 Å². The van der Waals surface area contributed by atoms with Gasteiger partial charge in [0.05, 0.1) is 6.61 Å². The molecule has 6 nitrogen and oxygen atoms in total. The van der Waals surface area contributed by atoms with E-state index in [9.17, 15) is 0 Å². The van der Waals surface area contributed by atoms with Crippen LogP contribution >= 0.6 is 0 Å². The summed E-state index contributed by atoms with van der Waals surface area (Å²) in [6.07, 6.45) is -4.49. The quantitative estimate of drug-likeness (QED) is 0.455. The lowest BCUT2D eigenvalue weighted by Gasteiger charge is -2.35. The van der Waals surface area contributed by atoms with Crippen molar-refractivity contribution in [2.24, 2.45) is 0 Å². The van der Waals surface area contributed by atoms with Crippen LogP contribution in [0.4, 0.5) is 0 Å². The van der Waals surface area contributed by atoms with Crippen molar-refractivity contribution in [1.29, 1.82) is 0 Å². The van der Waals surface area contributed by atoms with Crippen LogP contribution in [0, 0.1) is 0 Å². The van der Waals surface area contributed by atoms with E-state index in [0.717, 1.165) is 0 Å². The van der Waals surface area contributed by atoms with E-state index in [4.69, 9.17) is 24.8 Å². The molecular formula is C6H12O6. The summed E-state index contributed by atoms with van der Waals surface area (Å²) in [6, 6.07) is 0. The third kappa shape index (κ3) is 1.92. The van der Waals surface area contributed by atoms with Gasteiger partial charge >= 0.3 is 0 Å². The van der Waals surface area contributed by atoms with Gasteiger partial charge in [-0.2, -0.15) is 0 Å². The molecule has 0 aromatic rings.